The van der Waals surface area contributed by atoms with Crippen molar-refractivity contribution in [2.24, 2.45) is 0 Å². The molecule has 1 aliphatic rings. The molecule has 0 bridgehead atoms. The van der Waals surface area contributed by atoms with E-state index < -0.39 is 28.5 Å². The number of nitrogens with one attached hydrogen (secondary N) is 1. The number of amides is 2. The number of hydrogen-bond acceptors (Lipinski definition) is 6. The van der Waals surface area contributed by atoms with Crippen LogP contribution in [0.25, 0.3) is 0 Å². The maximum Gasteiger partial charge on any atom is 0.244 e. The quantitative estimate of drug-likeness (QED) is 0.610. The van der Waals surface area contributed by atoms with Crippen molar-refractivity contribution < 1.29 is 27.5 Å². The van der Waals surface area contributed by atoms with Crippen molar-refractivity contribution in [3.8, 4) is 11.5 Å². The number of likely N-dealkylation sites (N-methyl/N-ethyl adjacent to an activating group) is 1. The zero-order valence-electron chi connectivity index (χ0n) is 18.3. The van der Waals surface area contributed by atoms with Crippen LogP contribution in [-0.2, 0) is 26.2 Å². The fraction of sp³-hybridized carbons (Fsp3) is 0.364. The fourth-order valence-corrected chi connectivity index (χ4v) is 4.36. The van der Waals surface area contributed by atoms with Crippen molar-refractivity contribution in [2.75, 3.05) is 30.9 Å². The van der Waals surface area contributed by atoms with E-state index in [1.807, 2.05) is 30.3 Å². The van der Waals surface area contributed by atoms with Crippen LogP contribution in [0.15, 0.2) is 48.5 Å². The molecule has 0 fully saturated rings. The molecule has 2 amide bonds. The summed E-state index contributed by atoms with van der Waals surface area (Å²) >= 11 is 0. The molecule has 0 aromatic heterocycles. The molecule has 1 N–H and O–H groups in total. The Labute approximate surface area is 188 Å². The molecule has 0 radical (unpaired) electrons. The minimum Gasteiger partial charge on any atom is -0.454 e. The highest BCUT2D eigenvalue weighted by Crippen LogP contribution is 2.36. The van der Waals surface area contributed by atoms with E-state index in [1.165, 1.54) is 18.0 Å². The van der Waals surface area contributed by atoms with E-state index in [1.54, 1.807) is 19.1 Å². The summed E-state index contributed by atoms with van der Waals surface area (Å²) in [5.74, 6) is 0.101. The average molecular weight is 462 g/mol. The second-order valence-corrected chi connectivity index (χ2v) is 9.26. The molecule has 3 rings (SSSR count). The molecule has 0 saturated heterocycles. The number of rotatable bonds is 9. The summed E-state index contributed by atoms with van der Waals surface area (Å²) in [6, 6.07) is 13.2. The van der Waals surface area contributed by atoms with E-state index in [-0.39, 0.29) is 24.9 Å². The van der Waals surface area contributed by atoms with Crippen LogP contribution in [0.4, 0.5) is 5.69 Å². The van der Waals surface area contributed by atoms with Crippen molar-refractivity contribution in [2.45, 2.75) is 25.9 Å². The number of hydrogen-bond donors (Lipinski definition) is 1. The van der Waals surface area contributed by atoms with Crippen LogP contribution in [-0.4, -0.2) is 57.8 Å². The maximum absolute atomic E-state index is 13.4. The summed E-state index contributed by atoms with van der Waals surface area (Å²) in [6.07, 6.45) is 1.41. The standard InChI is InChI=1S/C22H27N3O6S/c1-4-18(22(27)23-2)24(13-16-8-6-5-7-9-16)21(26)14-25(32(3,28)29)17-10-11-19-20(12-17)31-15-30-19/h5-12,18H,4,13-15H2,1-3H3,(H,23,27). The number of fused-ring (bicyclic) bond motifs is 1. The van der Waals surface area contributed by atoms with E-state index in [4.69, 9.17) is 9.47 Å². The van der Waals surface area contributed by atoms with Gasteiger partial charge >= 0.3 is 0 Å². The highest BCUT2D eigenvalue weighted by atomic mass is 32.2. The molecule has 1 heterocycles. The van der Waals surface area contributed by atoms with Crippen LogP contribution in [0, 0.1) is 0 Å². The first kappa shape index (κ1) is 23.4. The van der Waals surface area contributed by atoms with Crippen molar-refractivity contribution in [3.63, 3.8) is 0 Å². The van der Waals surface area contributed by atoms with E-state index in [2.05, 4.69) is 5.32 Å². The number of anilines is 1. The van der Waals surface area contributed by atoms with Crippen molar-refractivity contribution in [1.29, 1.82) is 0 Å². The van der Waals surface area contributed by atoms with Gasteiger partial charge in [-0.05, 0) is 24.1 Å². The first-order chi connectivity index (χ1) is 15.2. The predicted molar refractivity (Wildman–Crippen MR) is 120 cm³/mol. The average Bonchev–Trinajstić information content (AvgIpc) is 3.24. The van der Waals surface area contributed by atoms with E-state index in [9.17, 15) is 18.0 Å². The van der Waals surface area contributed by atoms with Crippen LogP contribution >= 0.6 is 0 Å². The monoisotopic (exact) mass is 461 g/mol. The van der Waals surface area contributed by atoms with Crippen molar-refractivity contribution in [1.82, 2.24) is 10.2 Å². The topological polar surface area (TPSA) is 105 Å². The third kappa shape index (κ3) is 5.31. The summed E-state index contributed by atoms with van der Waals surface area (Å²) in [4.78, 5) is 27.3. The lowest BCUT2D eigenvalue weighted by Gasteiger charge is -2.32. The van der Waals surface area contributed by atoms with Gasteiger partial charge in [0.1, 0.15) is 12.6 Å². The Kier molecular flexibility index (Phi) is 7.24. The van der Waals surface area contributed by atoms with Crippen LogP contribution in [0.2, 0.25) is 0 Å². The van der Waals surface area contributed by atoms with Gasteiger partial charge in [-0.15, -0.1) is 0 Å². The SMILES string of the molecule is CCC(C(=O)NC)N(Cc1ccccc1)C(=O)CN(c1ccc2c(c1)OCO2)S(C)(=O)=O. The van der Waals surface area contributed by atoms with Crippen molar-refractivity contribution in [3.05, 3.63) is 54.1 Å². The normalized spacial score (nSPS) is 13.3. The zero-order chi connectivity index (χ0) is 23.3. The van der Waals surface area contributed by atoms with Gasteiger partial charge in [-0.3, -0.25) is 13.9 Å². The second kappa shape index (κ2) is 9.90. The van der Waals surface area contributed by atoms with Crippen LogP contribution in [0.5, 0.6) is 11.5 Å². The highest BCUT2D eigenvalue weighted by Gasteiger charge is 2.31. The molecule has 172 valence electrons. The Hall–Kier alpha value is -3.27. The zero-order valence-corrected chi connectivity index (χ0v) is 19.1. The summed E-state index contributed by atoms with van der Waals surface area (Å²) < 4.78 is 36.8. The molecule has 0 spiro atoms. The number of carbonyl (C=O) groups excluding carboxylic acids is 2. The molecule has 32 heavy (non-hydrogen) atoms. The van der Waals surface area contributed by atoms with Crippen LogP contribution in [0.1, 0.15) is 18.9 Å². The van der Waals surface area contributed by atoms with E-state index in [0.717, 1.165) is 16.1 Å². The molecule has 1 unspecified atom stereocenters. The fourth-order valence-electron chi connectivity index (χ4n) is 3.52. The number of nitrogens with zero attached hydrogens (tertiary/aromatic N) is 2. The Morgan fingerprint density at radius 3 is 2.41 bits per heavy atom. The Balaban J connectivity index is 1.93. The van der Waals surface area contributed by atoms with Gasteiger partial charge in [0.05, 0.1) is 11.9 Å². The lowest BCUT2D eigenvalue weighted by atomic mass is 10.1. The van der Waals surface area contributed by atoms with Gasteiger partial charge < -0.3 is 19.7 Å². The lowest BCUT2D eigenvalue weighted by molar-refractivity contribution is -0.140. The molecule has 2 aromatic carbocycles. The molecule has 2 aromatic rings. The molecule has 10 heteroatoms. The number of sulfonamides is 1. The Morgan fingerprint density at radius 2 is 1.78 bits per heavy atom. The minimum absolute atomic E-state index is 0.0474. The summed E-state index contributed by atoms with van der Waals surface area (Å²) in [5, 5.41) is 2.59. The van der Waals surface area contributed by atoms with Gasteiger partial charge in [-0.2, -0.15) is 0 Å². The maximum atomic E-state index is 13.4. The predicted octanol–water partition coefficient (Wildman–Crippen LogP) is 1.73. The van der Waals surface area contributed by atoms with E-state index >= 15 is 0 Å². The Morgan fingerprint density at radius 1 is 1.09 bits per heavy atom. The summed E-state index contributed by atoms with van der Waals surface area (Å²) in [7, 11) is -2.30. The summed E-state index contributed by atoms with van der Waals surface area (Å²) in [5.41, 5.74) is 1.11. The minimum atomic E-state index is -3.81. The van der Waals surface area contributed by atoms with Gasteiger partial charge in [0.25, 0.3) is 0 Å². The first-order valence-corrected chi connectivity index (χ1v) is 12.0. The molecule has 1 atom stereocenters. The third-order valence-electron chi connectivity index (χ3n) is 5.15. The first-order valence-electron chi connectivity index (χ1n) is 10.2. The number of benzene rings is 2. The van der Waals surface area contributed by atoms with Crippen molar-refractivity contribution >= 4 is 27.5 Å². The molecule has 0 aliphatic carbocycles. The number of carbonyl (C=O) groups is 2. The molecule has 1 aliphatic heterocycles. The Bertz CT molecular complexity index is 1070. The smallest absolute Gasteiger partial charge is 0.244 e. The van der Waals surface area contributed by atoms with Crippen LogP contribution < -0.4 is 19.1 Å². The van der Waals surface area contributed by atoms with Gasteiger partial charge in [0.15, 0.2) is 11.5 Å². The summed E-state index contributed by atoms with van der Waals surface area (Å²) in [6.45, 7) is 1.56. The molecular formula is C22H27N3O6S. The molecule has 0 saturated carbocycles. The van der Waals surface area contributed by atoms with Crippen LogP contribution in [0.3, 0.4) is 0 Å². The molecular weight excluding hydrogens is 434 g/mol. The number of ether oxygens (including phenoxy) is 2. The van der Waals surface area contributed by atoms with Gasteiger partial charge in [0, 0.05) is 19.7 Å². The highest BCUT2D eigenvalue weighted by molar-refractivity contribution is 7.92. The third-order valence-corrected chi connectivity index (χ3v) is 6.29. The van der Waals surface area contributed by atoms with Gasteiger partial charge in [0.2, 0.25) is 28.6 Å². The van der Waals surface area contributed by atoms with Gasteiger partial charge in [-0.25, -0.2) is 8.42 Å². The lowest BCUT2D eigenvalue weighted by Crippen LogP contribution is -2.51. The largest absolute Gasteiger partial charge is 0.454 e. The second-order valence-electron chi connectivity index (χ2n) is 7.35. The van der Waals surface area contributed by atoms with E-state index in [0.29, 0.717) is 17.9 Å². The molecule has 9 nitrogen and oxygen atoms in total. The van der Waals surface area contributed by atoms with Gasteiger partial charge in [-0.1, -0.05) is 37.3 Å².